The maximum absolute atomic E-state index is 7.04. The molecule has 3 aliphatic rings. The number of hydrogen-bond donors (Lipinski definition) is 2. The second-order valence-electron chi connectivity index (χ2n) is 8.76. The zero-order valence-corrected chi connectivity index (χ0v) is 16.5. The number of rotatable bonds is 6. The van der Waals surface area contributed by atoms with Crippen LogP contribution in [0, 0.1) is 17.3 Å². The monoisotopic (exact) mass is 354 g/mol. The molecule has 3 aliphatic carbocycles. The highest BCUT2D eigenvalue weighted by molar-refractivity contribution is 5.44. The van der Waals surface area contributed by atoms with Gasteiger partial charge in [-0.05, 0) is 61.5 Å². The highest BCUT2D eigenvalue weighted by Crippen LogP contribution is 2.52. The molecule has 0 amide bonds. The summed E-state index contributed by atoms with van der Waals surface area (Å²) in [5, 5.41) is 0. The zero-order chi connectivity index (χ0) is 18.6. The minimum Gasteiger partial charge on any atom is -0.401 e. The Morgan fingerprint density at radius 3 is 2.15 bits per heavy atom. The molecule has 0 heterocycles. The minimum absolute atomic E-state index is 0.0161. The Hall–Kier alpha value is -1.28. The van der Waals surface area contributed by atoms with Crippen LogP contribution in [0.15, 0.2) is 48.2 Å². The van der Waals surface area contributed by atoms with Gasteiger partial charge in [0.2, 0.25) is 0 Å². The molecule has 0 saturated heterocycles. The summed E-state index contributed by atoms with van der Waals surface area (Å²) in [7, 11) is 0. The van der Waals surface area contributed by atoms with Crippen molar-refractivity contribution in [2.75, 3.05) is 0 Å². The lowest BCUT2D eigenvalue weighted by atomic mass is 9.59. The smallest absolute Gasteiger partial charge is 0.0496 e. The van der Waals surface area contributed by atoms with Crippen LogP contribution < -0.4 is 11.5 Å². The van der Waals surface area contributed by atoms with Crippen molar-refractivity contribution in [2.45, 2.75) is 83.1 Å². The predicted octanol–water partition coefficient (Wildman–Crippen LogP) is 5.77. The molecule has 0 aliphatic heterocycles. The van der Waals surface area contributed by atoms with E-state index in [1.165, 1.54) is 75.4 Å². The zero-order valence-electron chi connectivity index (χ0n) is 16.5. The molecule has 26 heavy (non-hydrogen) atoms. The molecule has 0 spiro atoms. The molecule has 0 aromatic rings. The van der Waals surface area contributed by atoms with E-state index in [0.717, 1.165) is 18.5 Å². The van der Waals surface area contributed by atoms with E-state index in [-0.39, 0.29) is 11.5 Å². The summed E-state index contributed by atoms with van der Waals surface area (Å²) < 4.78 is 0. The molecule has 0 radical (unpaired) electrons. The second-order valence-corrected chi connectivity index (χ2v) is 8.76. The largest absolute Gasteiger partial charge is 0.401 e. The van der Waals surface area contributed by atoms with Crippen LogP contribution in [0.25, 0.3) is 0 Å². The van der Waals surface area contributed by atoms with Gasteiger partial charge in [0, 0.05) is 17.2 Å². The lowest BCUT2D eigenvalue weighted by molar-refractivity contribution is 0.197. The lowest BCUT2D eigenvalue weighted by Crippen LogP contribution is -2.45. The molecule has 4 N–H and O–H groups in total. The Kier molecular flexibility index (Phi) is 6.45. The SMILES string of the molecule is C=CCC1=CC(CC=C)(C2CCCCC2)C(N)=C(C2CCCCC2)C1N. The summed E-state index contributed by atoms with van der Waals surface area (Å²) in [6.45, 7) is 8.09. The summed E-state index contributed by atoms with van der Waals surface area (Å²) in [6.07, 6.45) is 21.4. The van der Waals surface area contributed by atoms with E-state index < -0.39 is 0 Å². The Bertz CT molecular complexity index is 573. The van der Waals surface area contributed by atoms with Crippen molar-refractivity contribution in [2.24, 2.45) is 28.7 Å². The van der Waals surface area contributed by atoms with Gasteiger partial charge in [0.15, 0.2) is 0 Å². The van der Waals surface area contributed by atoms with Crippen LogP contribution in [0.1, 0.15) is 77.0 Å². The number of nitrogens with two attached hydrogens (primary N) is 2. The predicted molar refractivity (Wildman–Crippen MR) is 112 cm³/mol. The molecule has 0 aromatic heterocycles. The van der Waals surface area contributed by atoms with Crippen LogP contribution in [0.4, 0.5) is 0 Å². The summed E-state index contributed by atoms with van der Waals surface area (Å²) in [5.74, 6) is 1.19. The van der Waals surface area contributed by atoms with Gasteiger partial charge in [-0.15, -0.1) is 13.2 Å². The molecule has 2 saturated carbocycles. The van der Waals surface area contributed by atoms with Crippen LogP contribution in [0.3, 0.4) is 0 Å². The van der Waals surface area contributed by atoms with Crippen molar-refractivity contribution in [3.05, 3.63) is 48.2 Å². The fourth-order valence-electron chi connectivity index (χ4n) is 5.90. The molecule has 3 rings (SSSR count). The summed E-state index contributed by atoms with van der Waals surface area (Å²) in [4.78, 5) is 0. The van der Waals surface area contributed by atoms with Gasteiger partial charge in [-0.3, -0.25) is 0 Å². The molecule has 0 aromatic carbocycles. The van der Waals surface area contributed by atoms with E-state index in [1.807, 2.05) is 6.08 Å². The first-order chi connectivity index (χ1) is 12.6. The first kappa shape index (κ1) is 19.5. The van der Waals surface area contributed by atoms with E-state index in [1.54, 1.807) is 0 Å². The Labute approximate surface area is 160 Å². The third kappa shape index (κ3) is 3.58. The molecule has 2 fully saturated rings. The van der Waals surface area contributed by atoms with E-state index in [0.29, 0.717) is 11.8 Å². The minimum atomic E-state index is -0.0663. The Morgan fingerprint density at radius 1 is 0.962 bits per heavy atom. The van der Waals surface area contributed by atoms with E-state index >= 15 is 0 Å². The van der Waals surface area contributed by atoms with E-state index in [9.17, 15) is 0 Å². The van der Waals surface area contributed by atoms with Gasteiger partial charge < -0.3 is 11.5 Å². The fourth-order valence-corrected chi connectivity index (χ4v) is 5.90. The Balaban J connectivity index is 2.08. The maximum atomic E-state index is 7.04. The first-order valence-electron chi connectivity index (χ1n) is 10.8. The topological polar surface area (TPSA) is 52.0 Å². The van der Waals surface area contributed by atoms with Crippen LogP contribution >= 0.6 is 0 Å². The summed E-state index contributed by atoms with van der Waals surface area (Å²) >= 11 is 0. The molecule has 144 valence electrons. The van der Waals surface area contributed by atoms with Crippen molar-refractivity contribution in [1.82, 2.24) is 0 Å². The third-order valence-electron chi connectivity index (χ3n) is 7.23. The molecular weight excluding hydrogens is 316 g/mol. The highest BCUT2D eigenvalue weighted by atomic mass is 14.8. The van der Waals surface area contributed by atoms with Gasteiger partial charge in [-0.1, -0.05) is 56.8 Å². The van der Waals surface area contributed by atoms with Gasteiger partial charge >= 0.3 is 0 Å². The molecule has 2 unspecified atom stereocenters. The Morgan fingerprint density at radius 2 is 1.58 bits per heavy atom. The number of hydrogen-bond acceptors (Lipinski definition) is 2. The fraction of sp³-hybridized carbons (Fsp3) is 0.667. The van der Waals surface area contributed by atoms with Crippen molar-refractivity contribution in [3.63, 3.8) is 0 Å². The average Bonchev–Trinajstić information content (AvgIpc) is 2.68. The van der Waals surface area contributed by atoms with Gasteiger partial charge in [-0.2, -0.15) is 0 Å². The van der Waals surface area contributed by atoms with Crippen LogP contribution in [0.2, 0.25) is 0 Å². The molecule has 2 heteroatoms. The molecule has 2 nitrogen and oxygen atoms in total. The standard InChI is InChI=1S/C24H38N2/c1-3-11-19-17-24(16-4-2,20-14-9-6-10-15-20)23(26)21(22(19)25)18-12-7-5-8-13-18/h3-4,17-18,20,22H,1-2,5-16,25-26H2. The average molecular weight is 355 g/mol. The third-order valence-corrected chi connectivity index (χ3v) is 7.23. The lowest BCUT2D eigenvalue weighted by Gasteiger charge is -2.47. The summed E-state index contributed by atoms with van der Waals surface area (Å²) in [5.41, 5.74) is 17.6. The second kappa shape index (κ2) is 8.61. The normalized spacial score (nSPS) is 31.6. The van der Waals surface area contributed by atoms with Crippen molar-refractivity contribution in [3.8, 4) is 0 Å². The van der Waals surface area contributed by atoms with Gasteiger partial charge in [0.05, 0.1) is 0 Å². The molecular formula is C24H38N2. The molecule has 2 atom stereocenters. The van der Waals surface area contributed by atoms with Crippen molar-refractivity contribution >= 4 is 0 Å². The van der Waals surface area contributed by atoms with E-state index in [2.05, 4.69) is 25.3 Å². The summed E-state index contributed by atoms with van der Waals surface area (Å²) in [6, 6.07) is -0.0161. The maximum Gasteiger partial charge on any atom is 0.0496 e. The first-order valence-corrected chi connectivity index (χ1v) is 10.8. The van der Waals surface area contributed by atoms with Crippen molar-refractivity contribution in [1.29, 1.82) is 0 Å². The van der Waals surface area contributed by atoms with Gasteiger partial charge in [0.25, 0.3) is 0 Å². The van der Waals surface area contributed by atoms with E-state index in [4.69, 9.17) is 11.5 Å². The van der Waals surface area contributed by atoms with Crippen LogP contribution in [0.5, 0.6) is 0 Å². The highest BCUT2D eigenvalue weighted by Gasteiger charge is 2.45. The van der Waals surface area contributed by atoms with Crippen molar-refractivity contribution < 1.29 is 0 Å². The quantitative estimate of drug-likeness (QED) is 0.595. The van der Waals surface area contributed by atoms with Gasteiger partial charge in [-0.25, -0.2) is 0 Å². The molecule has 0 bridgehead atoms. The van der Waals surface area contributed by atoms with Crippen LogP contribution in [-0.2, 0) is 0 Å². The van der Waals surface area contributed by atoms with Gasteiger partial charge in [0.1, 0.15) is 0 Å². The van der Waals surface area contributed by atoms with Crippen LogP contribution in [-0.4, -0.2) is 6.04 Å². The number of allylic oxidation sites excluding steroid dienone is 3.